The largest absolute Gasteiger partial charge is 0.342 e. The first-order chi connectivity index (χ1) is 12.2. The van der Waals surface area contributed by atoms with E-state index in [2.05, 4.69) is 29.2 Å². The molecule has 2 aliphatic rings. The van der Waals surface area contributed by atoms with E-state index in [4.69, 9.17) is 4.52 Å². The minimum absolute atomic E-state index is 0.158. The van der Waals surface area contributed by atoms with Crippen molar-refractivity contribution < 1.29 is 9.32 Å². The Balaban J connectivity index is 1.47. The summed E-state index contributed by atoms with van der Waals surface area (Å²) in [5, 5.41) is 4.16. The highest BCUT2D eigenvalue weighted by Gasteiger charge is 2.33. The van der Waals surface area contributed by atoms with Crippen LogP contribution in [0.15, 0.2) is 28.8 Å². The zero-order chi connectivity index (χ0) is 17.2. The van der Waals surface area contributed by atoms with E-state index in [-0.39, 0.29) is 11.8 Å². The molecule has 1 aromatic heterocycles. The first-order valence-corrected chi connectivity index (χ1v) is 9.40. The molecule has 0 N–H and O–H groups in total. The van der Waals surface area contributed by atoms with Gasteiger partial charge in [0.25, 0.3) is 0 Å². The molecule has 1 aliphatic heterocycles. The van der Waals surface area contributed by atoms with Crippen LogP contribution in [0.3, 0.4) is 0 Å². The first-order valence-electron chi connectivity index (χ1n) is 9.40. The lowest BCUT2D eigenvalue weighted by Crippen LogP contribution is -2.41. The van der Waals surface area contributed by atoms with Crippen LogP contribution in [0.4, 0.5) is 0 Å². The molecule has 132 valence electrons. The maximum Gasteiger partial charge on any atom is 0.231 e. The second-order valence-corrected chi connectivity index (χ2v) is 7.43. The smallest absolute Gasteiger partial charge is 0.231 e. The molecule has 1 saturated heterocycles. The molecule has 0 bridgehead atoms. The number of piperidine rings is 1. The van der Waals surface area contributed by atoms with Gasteiger partial charge in [0.05, 0.1) is 5.92 Å². The fourth-order valence-corrected chi connectivity index (χ4v) is 4.11. The second-order valence-electron chi connectivity index (χ2n) is 7.43. The zero-order valence-corrected chi connectivity index (χ0v) is 14.8. The fraction of sp³-hybridized carbons (Fsp3) is 0.550. The summed E-state index contributed by atoms with van der Waals surface area (Å²) in [4.78, 5) is 19.3. The summed E-state index contributed by atoms with van der Waals surface area (Å²) >= 11 is 0. The van der Waals surface area contributed by atoms with Gasteiger partial charge in [0, 0.05) is 24.6 Å². The van der Waals surface area contributed by atoms with Gasteiger partial charge < -0.3 is 9.42 Å². The van der Waals surface area contributed by atoms with Gasteiger partial charge in [-0.25, -0.2) is 0 Å². The Hall–Kier alpha value is -2.17. The maximum absolute atomic E-state index is 12.7. The average Bonchev–Trinajstić information content (AvgIpc) is 3.33. The van der Waals surface area contributed by atoms with E-state index >= 15 is 0 Å². The number of aromatic nitrogens is 2. The molecule has 2 fully saturated rings. The van der Waals surface area contributed by atoms with Gasteiger partial charge in [-0.1, -0.05) is 41.8 Å². The molecular formula is C20H25N3O2. The Kier molecular flexibility index (Phi) is 4.55. The quantitative estimate of drug-likeness (QED) is 0.850. The standard InChI is InChI=1S/C20H25N3O2/c1-14-6-4-9-16(12-14)18-21-19(25-22-18)17-10-5-11-23(13-17)20(24)15-7-2-3-8-15/h4,6,9,12,15,17H,2-3,5,7-8,10-11,13H2,1H3/t17-/m0/s1. The fourth-order valence-electron chi connectivity index (χ4n) is 4.11. The lowest BCUT2D eigenvalue weighted by Gasteiger charge is -2.32. The summed E-state index contributed by atoms with van der Waals surface area (Å²) in [6, 6.07) is 8.12. The minimum atomic E-state index is 0.158. The van der Waals surface area contributed by atoms with Crippen molar-refractivity contribution in [3.05, 3.63) is 35.7 Å². The van der Waals surface area contributed by atoms with Gasteiger partial charge in [0.1, 0.15) is 0 Å². The maximum atomic E-state index is 12.7. The highest BCUT2D eigenvalue weighted by molar-refractivity contribution is 5.79. The molecule has 5 heteroatoms. The number of hydrogen-bond donors (Lipinski definition) is 0. The van der Waals surface area contributed by atoms with E-state index in [9.17, 15) is 4.79 Å². The SMILES string of the molecule is Cc1cccc(-c2noc([C@H]3CCCN(C(=O)C4CCCC4)C3)n2)c1. The monoisotopic (exact) mass is 339 g/mol. The molecule has 1 atom stereocenters. The highest BCUT2D eigenvalue weighted by Crippen LogP contribution is 2.31. The number of benzene rings is 1. The number of aryl methyl sites for hydroxylation is 1. The lowest BCUT2D eigenvalue weighted by atomic mass is 9.96. The van der Waals surface area contributed by atoms with E-state index in [1.807, 2.05) is 17.0 Å². The summed E-state index contributed by atoms with van der Waals surface area (Å²) in [6.45, 7) is 3.63. The van der Waals surface area contributed by atoms with Gasteiger partial charge in [-0.05, 0) is 38.7 Å². The number of carbonyl (C=O) groups excluding carboxylic acids is 1. The third-order valence-electron chi connectivity index (χ3n) is 5.50. The third kappa shape index (κ3) is 3.46. The lowest BCUT2D eigenvalue weighted by molar-refractivity contribution is -0.136. The van der Waals surface area contributed by atoms with Crippen LogP contribution in [-0.2, 0) is 4.79 Å². The van der Waals surface area contributed by atoms with E-state index in [1.54, 1.807) is 0 Å². The summed E-state index contributed by atoms with van der Waals surface area (Å²) in [5.74, 6) is 2.04. The van der Waals surface area contributed by atoms with Crippen LogP contribution in [0.25, 0.3) is 11.4 Å². The Labute approximate surface area is 148 Å². The van der Waals surface area contributed by atoms with Crippen LogP contribution in [0.2, 0.25) is 0 Å². The van der Waals surface area contributed by atoms with Gasteiger partial charge in [-0.15, -0.1) is 0 Å². The van der Waals surface area contributed by atoms with Crippen molar-refractivity contribution in [2.45, 2.75) is 51.4 Å². The molecule has 0 radical (unpaired) electrons. The average molecular weight is 339 g/mol. The molecule has 1 aliphatic carbocycles. The van der Waals surface area contributed by atoms with E-state index < -0.39 is 0 Å². The molecule has 4 rings (SSSR count). The Morgan fingerprint density at radius 1 is 1.20 bits per heavy atom. The van der Waals surface area contributed by atoms with Gasteiger partial charge in [-0.3, -0.25) is 4.79 Å². The van der Waals surface area contributed by atoms with Crippen LogP contribution >= 0.6 is 0 Å². The Bertz CT molecular complexity index is 749. The van der Waals surface area contributed by atoms with Crippen molar-refractivity contribution in [2.75, 3.05) is 13.1 Å². The number of amides is 1. The van der Waals surface area contributed by atoms with E-state index in [0.717, 1.165) is 37.8 Å². The molecule has 5 nitrogen and oxygen atoms in total. The molecule has 25 heavy (non-hydrogen) atoms. The summed E-state index contributed by atoms with van der Waals surface area (Å²) in [5.41, 5.74) is 2.15. The number of carbonyl (C=O) groups is 1. The predicted octanol–water partition coefficient (Wildman–Crippen LogP) is 3.94. The van der Waals surface area contributed by atoms with Gasteiger partial charge >= 0.3 is 0 Å². The minimum Gasteiger partial charge on any atom is -0.342 e. The molecule has 0 spiro atoms. The summed E-state index contributed by atoms with van der Waals surface area (Å²) < 4.78 is 5.55. The van der Waals surface area contributed by atoms with E-state index in [0.29, 0.717) is 24.2 Å². The molecular weight excluding hydrogens is 314 g/mol. The molecule has 1 amide bonds. The van der Waals surface area contributed by atoms with Crippen LogP contribution in [0.1, 0.15) is 55.9 Å². The molecule has 1 aromatic carbocycles. The Morgan fingerprint density at radius 2 is 2.04 bits per heavy atom. The number of hydrogen-bond acceptors (Lipinski definition) is 4. The highest BCUT2D eigenvalue weighted by atomic mass is 16.5. The van der Waals surface area contributed by atoms with Crippen molar-refractivity contribution in [1.82, 2.24) is 15.0 Å². The second kappa shape index (κ2) is 6.98. The van der Waals surface area contributed by atoms with Gasteiger partial charge in [0.2, 0.25) is 17.6 Å². The van der Waals surface area contributed by atoms with E-state index in [1.165, 1.54) is 18.4 Å². The molecule has 1 saturated carbocycles. The zero-order valence-electron chi connectivity index (χ0n) is 14.8. The van der Waals surface area contributed by atoms with Crippen LogP contribution < -0.4 is 0 Å². The van der Waals surface area contributed by atoms with Crippen molar-refractivity contribution in [3.8, 4) is 11.4 Å². The molecule has 2 heterocycles. The Morgan fingerprint density at radius 3 is 2.84 bits per heavy atom. The summed E-state index contributed by atoms with van der Waals surface area (Å²) in [7, 11) is 0. The number of nitrogens with zero attached hydrogens (tertiary/aromatic N) is 3. The van der Waals surface area contributed by atoms with Gasteiger partial charge in [-0.2, -0.15) is 4.98 Å². The molecule has 2 aromatic rings. The molecule has 0 unspecified atom stereocenters. The van der Waals surface area contributed by atoms with Crippen LogP contribution in [0.5, 0.6) is 0 Å². The topological polar surface area (TPSA) is 59.2 Å². The third-order valence-corrected chi connectivity index (χ3v) is 5.50. The number of rotatable bonds is 3. The van der Waals surface area contributed by atoms with Crippen molar-refractivity contribution in [3.63, 3.8) is 0 Å². The van der Waals surface area contributed by atoms with Crippen LogP contribution in [-0.4, -0.2) is 34.0 Å². The first kappa shape index (κ1) is 16.3. The van der Waals surface area contributed by atoms with Gasteiger partial charge in [0.15, 0.2) is 0 Å². The van der Waals surface area contributed by atoms with Crippen molar-refractivity contribution in [1.29, 1.82) is 0 Å². The number of likely N-dealkylation sites (tertiary alicyclic amines) is 1. The van der Waals surface area contributed by atoms with Crippen LogP contribution in [0, 0.1) is 12.8 Å². The predicted molar refractivity (Wildman–Crippen MR) is 95.0 cm³/mol. The van der Waals surface area contributed by atoms with Crippen molar-refractivity contribution >= 4 is 5.91 Å². The summed E-state index contributed by atoms with van der Waals surface area (Å²) in [6.07, 6.45) is 6.50. The normalized spacial score (nSPS) is 21.6. The van der Waals surface area contributed by atoms with Crippen molar-refractivity contribution in [2.24, 2.45) is 5.92 Å².